The SMILES string of the molecule is CC(C)=CC=C1CCC2(CC1)OCCO2. The molecule has 0 bridgehead atoms. The summed E-state index contributed by atoms with van der Waals surface area (Å²) in [6.07, 6.45) is 8.74. The summed E-state index contributed by atoms with van der Waals surface area (Å²) in [6, 6.07) is 0. The molecule has 15 heavy (non-hydrogen) atoms. The quantitative estimate of drug-likeness (QED) is 0.659. The zero-order valence-corrected chi connectivity index (χ0v) is 9.71. The Morgan fingerprint density at radius 1 is 1.13 bits per heavy atom. The van der Waals surface area contributed by atoms with Gasteiger partial charge in [0.15, 0.2) is 5.79 Å². The van der Waals surface area contributed by atoms with Crippen molar-refractivity contribution in [2.24, 2.45) is 0 Å². The molecule has 0 amide bonds. The van der Waals surface area contributed by atoms with Gasteiger partial charge in [0, 0.05) is 12.8 Å². The van der Waals surface area contributed by atoms with Crippen LogP contribution < -0.4 is 0 Å². The van der Waals surface area contributed by atoms with Gasteiger partial charge in [0.1, 0.15) is 0 Å². The maximum absolute atomic E-state index is 5.69. The lowest BCUT2D eigenvalue weighted by atomic mass is 9.89. The normalized spacial score (nSPS) is 24.3. The van der Waals surface area contributed by atoms with Crippen molar-refractivity contribution in [2.45, 2.75) is 45.3 Å². The van der Waals surface area contributed by atoms with Gasteiger partial charge in [-0.2, -0.15) is 0 Å². The van der Waals surface area contributed by atoms with Crippen molar-refractivity contribution in [3.05, 3.63) is 23.3 Å². The van der Waals surface area contributed by atoms with Crippen molar-refractivity contribution in [1.82, 2.24) is 0 Å². The second-order valence-corrected chi connectivity index (χ2v) is 4.68. The lowest BCUT2D eigenvalue weighted by Gasteiger charge is -2.32. The third-order valence-corrected chi connectivity index (χ3v) is 3.12. The van der Waals surface area contributed by atoms with Crippen molar-refractivity contribution in [2.75, 3.05) is 13.2 Å². The molecule has 1 heterocycles. The Labute approximate surface area is 92.0 Å². The largest absolute Gasteiger partial charge is 0.348 e. The number of ether oxygens (including phenoxy) is 2. The van der Waals surface area contributed by atoms with E-state index in [2.05, 4.69) is 26.0 Å². The van der Waals surface area contributed by atoms with Crippen LogP contribution in [0.25, 0.3) is 0 Å². The summed E-state index contributed by atoms with van der Waals surface area (Å²) in [4.78, 5) is 0. The number of hydrogen-bond acceptors (Lipinski definition) is 2. The van der Waals surface area contributed by atoms with Gasteiger partial charge in [-0.05, 0) is 26.7 Å². The van der Waals surface area contributed by atoms with E-state index in [4.69, 9.17) is 9.47 Å². The van der Waals surface area contributed by atoms with Crippen LogP contribution in [-0.4, -0.2) is 19.0 Å². The Kier molecular flexibility index (Phi) is 3.27. The molecule has 0 aromatic rings. The topological polar surface area (TPSA) is 18.5 Å². The smallest absolute Gasteiger partial charge is 0.169 e. The van der Waals surface area contributed by atoms with E-state index in [1.165, 1.54) is 11.1 Å². The number of hydrogen-bond donors (Lipinski definition) is 0. The molecule has 2 fully saturated rings. The van der Waals surface area contributed by atoms with Crippen LogP contribution in [0.15, 0.2) is 23.3 Å². The van der Waals surface area contributed by atoms with Gasteiger partial charge < -0.3 is 9.47 Å². The molecule has 1 aliphatic carbocycles. The van der Waals surface area contributed by atoms with Crippen LogP contribution in [0, 0.1) is 0 Å². The van der Waals surface area contributed by atoms with Gasteiger partial charge in [-0.25, -0.2) is 0 Å². The highest BCUT2D eigenvalue weighted by Crippen LogP contribution is 2.37. The van der Waals surface area contributed by atoms with Gasteiger partial charge in [-0.1, -0.05) is 23.3 Å². The van der Waals surface area contributed by atoms with Crippen LogP contribution in [0.5, 0.6) is 0 Å². The Balaban J connectivity index is 1.91. The molecule has 0 aromatic heterocycles. The van der Waals surface area contributed by atoms with Crippen LogP contribution in [0.1, 0.15) is 39.5 Å². The van der Waals surface area contributed by atoms with E-state index in [9.17, 15) is 0 Å². The van der Waals surface area contributed by atoms with Gasteiger partial charge in [0.2, 0.25) is 0 Å². The molecule has 1 saturated heterocycles. The Hall–Kier alpha value is -0.600. The molecule has 2 rings (SSSR count). The van der Waals surface area contributed by atoms with E-state index in [-0.39, 0.29) is 5.79 Å². The minimum absolute atomic E-state index is 0.220. The molecule has 0 aromatic carbocycles. The fourth-order valence-electron chi connectivity index (χ4n) is 2.19. The minimum Gasteiger partial charge on any atom is -0.348 e. The van der Waals surface area contributed by atoms with Gasteiger partial charge in [-0.3, -0.25) is 0 Å². The number of allylic oxidation sites excluding steroid dienone is 4. The third-order valence-electron chi connectivity index (χ3n) is 3.12. The van der Waals surface area contributed by atoms with Gasteiger partial charge in [-0.15, -0.1) is 0 Å². The van der Waals surface area contributed by atoms with Crippen molar-refractivity contribution in [1.29, 1.82) is 0 Å². The van der Waals surface area contributed by atoms with E-state index in [1.54, 1.807) is 0 Å². The van der Waals surface area contributed by atoms with Crippen molar-refractivity contribution < 1.29 is 9.47 Å². The van der Waals surface area contributed by atoms with E-state index in [0.717, 1.165) is 38.9 Å². The standard InChI is InChI=1S/C13H20O2/c1-11(2)3-4-12-5-7-13(8-6-12)14-9-10-15-13/h3-4H,5-10H2,1-2H3. The molecular weight excluding hydrogens is 188 g/mol. The highest BCUT2D eigenvalue weighted by molar-refractivity contribution is 5.17. The van der Waals surface area contributed by atoms with Crippen molar-refractivity contribution in [3.8, 4) is 0 Å². The van der Waals surface area contributed by atoms with E-state index in [1.807, 2.05) is 0 Å². The molecule has 0 unspecified atom stereocenters. The average molecular weight is 208 g/mol. The predicted octanol–water partition coefficient (Wildman–Crippen LogP) is 3.20. The summed E-state index contributed by atoms with van der Waals surface area (Å²) in [5.74, 6) is -0.220. The average Bonchev–Trinajstić information content (AvgIpc) is 2.66. The second-order valence-electron chi connectivity index (χ2n) is 4.68. The van der Waals surface area contributed by atoms with Gasteiger partial charge in [0.25, 0.3) is 0 Å². The van der Waals surface area contributed by atoms with Crippen molar-refractivity contribution in [3.63, 3.8) is 0 Å². The molecule has 2 heteroatoms. The summed E-state index contributed by atoms with van der Waals surface area (Å²) in [5, 5.41) is 0. The molecular formula is C13H20O2. The molecule has 1 spiro atoms. The maximum Gasteiger partial charge on any atom is 0.169 e. The summed E-state index contributed by atoms with van der Waals surface area (Å²) >= 11 is 0. The zero-order chi connectivity index (χ0) is 10.7. The second kappa shape index (κ2) is 4.50. The van der Waals surface area contributed by atoms with E-state index >= 15 is 0 Å². The first-order valence-electron chi connectivity index (χ1n) is 5.81. The molecule has 1 aliphatic heterocycles. The summed E-state index contributed by atoms with van der Waals surface area (Å²) in [5.41, 5.74) is 2.89. The minimum atomic E-state index is -0.220. The van der Waals surface area contributed by atoms with Crippen LogP contribution in [0.3, 0.4) is 0 Å². The Bertz CT molecular complexity index is 267. The highest BCUT2D eigenvalue weighted by Gasteiger charge is 2.38. The predicted molar refractivity (Wildman–Crippen MR) is 60.6 cm³/mol. The molecule has 84 valence electrons. The third kappa shape index (κ3) is 2.70. The first-order chi connectivity index (χ1) is 7.20. The van der Waals surface area contributed by atoms with Crippen LogP contribution in [-0.2, 0) is 9.47 Å². The highest BCUT2D eigenvalue weighted by atomic mass is 16.7. The van der Waals surface area contributed by atoms with Crippen LogP contribution in [0.2, 0.25) is 0 Å². The lowest BCUT2D eigenvalue weighted by Crippen LogP contribution is -2.33. The summed E-state index contributed by atoms with van der Waals surface area (Å²) in [6.45, 7) is 5.80. The molecule has 0 N–H and O–H groups in total. The fraction of sp³-hybridized carbons (Fsp3) is 0.692. The monoisotopic (exact) mass is 208 g/mol. The number of rotatable bonds is 1. The first-order valence-corrected chi connectivity index (χ1v) is 5.81. The molecule has 2 aliphatic rings. The molecule has 0 atom stereocenters. The summed E-state index contributed by atoms with van der Waals surface area (Å²) in [7, 11) is 0. The first kappa shape index (κ1) is 10.9. The maximum atomic E-state index is 5.69. The van der Waals surface area contributed by atoms with Crippen molar-refractivity contribution >= 4 is 0 Å². The van der Waals surface area contributed by atoms with E-state index < -0.39 is 0 Å². The fourth-order valence-corrected chi connectivity index (χ4v) is 2.19. The Morgan fingerprint density at radius 2 is 1.73 bits per heavy atom. The lowest BCUT2D eigenvalue weighted by molar-refractivity contribution is -0.171. The van der Waals surface area contributed by atoms with Gasteiger partial charge in [0.05, 0.1) is 13.2 Å². The van der Waals surface area contributed by atoms with Crippen LogP contribution in [0.4, 0.5) is 0 Å². The Morgan fingerprint density at radius 3 is 2.27 bits per heavy atom. The molecule has 1 saturated carbocycles. The van der Waals surface area contributed by atoms with Crippen LogP contribution >= 0.6 is 0 Å². The molecule has 2 nitrogen and oxygen atoms in total. The van der Waals surface area contributed by atoms with Gasteiger partial charge >= 0.3 is 0 Å². The molecule has 0 radical (unpaired) electrons. The summed E-state index contributed by atoms with van der Waals surface area (Å²) < 4.78 is 11.4. The zero-order valence-electron chi connectivity index (χ0n) is 9.71. The van der Waals surface area contributed by atoms with E-state index in [0.29, 0.717) is 0 Å².